The molecular weight excluding hydrogens is 763 g/mol. The molecule has 0 atom stereocenters. The van der Waals surface area contributed by atoms with E-state index in [1.165, 1.54) is 76.6 Å². The molecule has 0 fully saturated rings. The minimum atomic E-state index is 1.09. The summed E-state index contributed by atoms with van der Waals surface area (Å²) in [5.74, 6) is 0. The number of para-hydroxylation sites is 4. The molecule has 0 aliphatic heterocycles. The lowest BCUT2D eigenvalue weighted by molar-refractivity contribution is 1.18. The van der Waals surface area contributed by atoms with E-state index in [9.17, 15) is 0 Å². The van der Waals surface area contributed by atoms with Crippen molar-refractivity contribution >= 4 is 77.5 Å². The number of anilines is 3. The lowest BCUT2D eigenvalue weighted by atomic mass is 10.0. The molecule has 0 spiro atoms. The van der Waals surface area contributed by atoms with Crippen molar-refractivity contribution in [3.63, 3.8) is 0 Å². The molecule has 0 aliphatic rings. The molecule has 0 aliphatic carbocycles. The van der Waals surface area contributed by atoms with E-state index in [4.69, 9.17) is 0 Å². The summed E-state index contributed by atoms with van der Waals surface area (Å²) < 4.78 is 4.75. The van der Waals surface area contributed by atoms with Gasteiger partial charge in [0, 0.05) is 50.0 Å². The van der Waals surface area contributed by atoms with Crippen LogP contribution in [0.3, 0.4) is 0 Å². The molecule has 10 aromatic carbocycles. The van der Waals surface area contributed by atoms with E-state index in [2.05, 4.69) is 251 Å². The van der Waals surface area contributed by atoms with Crippen LogP contribution in [0.5, 0.6) is 0 Å². The number of rotatable bonds is 8. The maximum Gasteiger partial charge on any atom is 0.0541 e. The van der Waals surface area contributed by atoms with Crippen LogP contribution < -0.4 is 4.90 Å². The Labute approximate surface area is 366 Å². The van der Waals surface area contributed by atoms with Crippen LogP contribution in [0.2, 0.25) is 0 Å². The summed E-state index contributed by atoms with van der Waals surface area (Å²) in [7, 11) is 0. The van der Waals surface area contributed by atoms with Crippen molar-refractivity contribution in [2.45, 2.75) is 0 Å². The minimum absolute atomic E-state index is 1.09. The van der Waals surface area contributed by atoms with Gasteiger partial charge in [0.2, 0.25) is 0 Å². The third-order valence-corrected chi connectivity index (χ3v) is 12.7. The van der Waals surface area contributed by atoms with Gasteiger partial charge in [0.25, 0.3) is 0 Å². The summed E-state index contributed by atoms with van der Waals surface area (Å²) in [6.45, 7) is 3.92. The van der Waals surface area contributed by atoms with Crippen LogP contribution in [0.25, 0.3) is 94.1 Å². The normalized spacial score (nSPS) is 11.6. The third-order valence-electron chi connectivity index (χ3n) is 12.7. The number of fused-ring (bicyclic) bond motifs is 7. The Balaban J connectivity index is 0.913. The van der Waals surface area contributed by atoms with Gasteiger partial charge in [-0.05, 0) is 124 Å². The van der Waals surface area contributed by atoms with Crippen LogP contribution in [0.4, 0.5) is 17.1 Å². The summed E-state index contributed by atoms with van der Waals surface area (Å²) in [5, 5.41) is 7.44. The van der Waals surface area contributed by atoms with Gasteiger partial charge in [-0.2, -0.15) is 0 Å². The molecule has 0 bridgehead atoms. The average molecular weight is 804 g/mol. The monoisotopic (exact) mass is 803 g/mol. The van der Waals surface area contributed by atoms with Gasteiger partial charge in [0.1, 0.15) is 0 Å². The molecular formula is C60H41N3. The number of hydrogen-bond acceptors (Lipinski definition) is 1. The molecule has 0 radical (unpaired) electrons. The van der Waals surface area contributed by atoms with E-state index in [1.807, 2.05) is 6.08 Å². The Morgan fingerprint density at radius 2 is 0.667 bits per heavy atom. The Bertz CT molecular complexity index is 3560. The van der Waals surface area contributed by atoms with Crippen LogP contribution in [-0.2, 0) is 0 Å². The summed E-state index contributed by atoms with van der Waals surface area (Å²) in [4.78, 5) is 2.36. The van der Waals surface area contributed by atoms with Crippen molar-refractivity contribution < 1.29 is 0 Å². The Morgan fingerprint density at radius 1 is 0.317 bits per heavy atom. The lowest BCUT2D eigenvalue weighted by Gasteiger charge is -2.26. The van der Waals surface area contributed by atoms with Gasteiger partial charge < -0.3 is 14.0 Å². The molecule has 0 N–H and O–H groups in total. The van der Waals surface area contributed by atoms with Crippen molar-refractivity contribution in [2.24, 2.45) is 0 Å². The second-order valence-corrected chi connectivity index (χ2v) is 16.3. The highest BCUT2D eigenvalue weighted by Crippen LogP contribution is 2.40. The van der Waals surface area contributed by atoms with Gasteiger partial charge in [-0.1, -0.05) is 158 Å². The fraction of sp³-hybridized carbons (Fsp3) is 0. The average Bonchev–Trinajstić information content (AvgIpc) is 3.88. The van der Waals surface area contributed by atoms with Crippen LogP contribution in [0.15, 0.2) is 237 Å². The van der Waals surface area contributed by atoms with Crippen LogP contribution in [0, 0.1) is 0 Å². The molecule has 63 heavy (non-hydrogen) atoms. The standard InChI is InChI=1S/C60H41N3/c1-2-41-19-21-42(22-20-41)43-23-31-48(32-24-43)61(51-37-29-47-40-52(38-30-46(47)39-51)63-59-17-9-5-13-55(59)56-14-6-10-18-60(56)63)49-33-25-44(26-34-49)45-27-35-50(36-28-45)62-57-15-7-3-11-53(57)54-12-4-8-16-58(54)62/h2-40H,1H2. The van der Waals surface area contributed by atoms with Crippen LogP contribution >= 0.6 is 0 Å². The van der Waals surface area contributed by atoms with Crippen molar-refractivity contribution in [1.82, 2.24) is 9.13 Å². The first kappa shape index (κ1) is 36.5. The Kier molecular flexibility index (Phi) is 8.65. The first-order valence-corrected chi connectivity index (χ1v) is 21.5. The molecule has 296 valence electrons. The number of hydrogen-bond donors (Lipinski definition) is 0. The second-order valence-electron chi connectivity index (χ2n) is 16.3. The predicted molar refractivity (Wildman–Crippen MR) is 268 cm³/mol. The zero-order chi connectivity index (χ0) is 41.9. The molecule has 12 rings (SSSR count). The van der Waals surface area contributed by atoms with E-state index in [-0.39, 0.29) is 0 Å². The highest BCUT2D eigenvalue weighted by atomic mass is 15.1. The van der Waals surface area contributed by atoms with E-state index in [0.29, 0.717) is 0 Å². The minimum Gasteiger partial charge on any atom is -0.310 e. The highest BCUT2D eigenvalue weighted by molar-refractivity contribution is 6.10. The lowest BCUT2D eigenvalue weighted by Crippen LogP contribution is -2.10. The van der Waals surface area contributed by atoms with Gasteiger partial charge in [0.15, 0.2) is 0 Å². The van der Waals surface area contributed by atoms with Crippen LogP contribution in [-0.4, -0.2) is 9.13 Å². The summed E-state index contributed by atoms with van der Waals surface area (Å²) in [6, 6.07) is 83.7. The van der Waals surface area contributed by atoms with Gasteiger partial charge in [0.05, 0.1) is 22.1 Å². The number of aromatic nitrogens is 2. The van der Waals surface area contributed by atoms with Crippen molar-refractivity contribution in [3.05, 3.63) is 243 Å². The first-order valence-electron chi connectivity index (χ1n) is 21.5. The SMILES string of the molecule is C=Cc1ccc(-c2ccc(N(c3ccc(-c4ccc(-n5c6ccccc6c6ccccc65)cc4)cc3)c3ccc4cc(-n5c6ccccc6c6ccccc65)ccc4c3)cc2)cc1. The second kappa shape index (κ2) is 14.9. The van der Waals surface area contributed by atoms with Crippen molar-refractivity contribution in [3.8, 4) is 33.6 Å². The smallest absolute Gasteiger partial charge is 0.0541 e. The molecule has 0 unspecified atom stereocenters. The fourth-order valence-corrected chi connectivity index (χ4v) is 9.57. The molecule has 3 nitrogen and oxygen atoms in total. The van der Waals surface area contributed by atoms with Gasteiger partial charge >= 0.3 is 0 Å². The zero-order valence-corrected chi connectivity index (χ0v) is 34.6. The van der Waals surface area contributed by atoms with Crippen molar-refractivity contribution in [1.29, 1.82) is 0 Å². The topological polar surface area (TPSA) is 13.1 Å². The summed E-state index contributed by atoms with van der Waals surface area (Å²) in [6.07, 6.45) is 1.88. The summed E-state index contributed by atoms with van der Waals surface area (Å²) >= 11 is 0. The molecule has 3 heteroatoms. The molecule has 0 saturated carbocycles. The van der Waals surface area contributed by atoms with Crippen LogP contribution in [0.1, 0.15) is 5.56 Å². The molecule has 12 aromatic rings. The molecule has 2 aromatic heterocycles. The molecule has 0 amide bonds. The fourth-order valence-electron chi connectivity index (χ4n) is 9.57. The highest BCUT2D eigenvalue weighted by Gasteiger charge is 2.17. The van der Waals surface area contributed by atoms with Gasteiger partial charge in [-0.15, -0.1) is 0 Å². The van der Waals surface area contributed by atoms with E-state index in [0.717, 1.165) is 34.0 Å². The van der Waals surface area contributed by atoms with E-state index in [1.54, 1.807) is 0 Å². The number of benzene rings is 10. The molecule has 2 heterocycles. The molecule has 0 saturated heterocycles. The maximum absolute atomic E-state index is 3.92. The summed E-state index contributed by atoms with van der Waals surface area (Å²) in [5.41, 5.74) is 16.2. The third kappa shape index (κ3) is 6.21. The van der Waals surface area contributed by atoms with Crippen molar-refractivity contribution in [2.75, 3.05) is 4.90 Å². The predicted octanol–water partition coefficient (Wildman–Crippen LogP) is 16.5. The Morgan fingerprint density at radius 3 is 1.13 bits per heavy atom. The maximum atomic E-state index is 3.92. The Hall–Kier alpha value is -8.40. The largest absolute Gasteiger partial charge is 0.310 e. The van der Waals surface area contributed by atoms with E-state index < -0.39 is 0 Å². The number of nitrogens with zero attached hydrogens (tertiary/aromatic N) is 3. The van der Waals surface area contributed by atoms with Gasteiger partial charge in [-0.25, -0.2) is 0 Å². The zero-order valence-electron chi connectivity index (χ0n) is 34.6. The van der Waals surface area contributed by atoms with E-state index >= 15 is 0 Å². The quantitative estimate of drug-likeness (QED) is 0.149. The van der Waals surface area contributed by atoms with Gasteiger partial charge in [-0.3, -0.25) is 0 Å². The first-order chi connectivity index (χ1) is 31.2.